The van der Waals surface area contributed by atoms with Crippen LogP contribution in [-0.4, -0.2) is 63.7 Å². The molecule has 1 saturated heterocycles. The SMILES string of the molecule is COCCNC(=O)CN(C)C(=O)C1(C)CCNCC1. The molecule has 0 saturated carbocycles. The number of likely N-dealkylation sites (N-methyl/N-ethyl adjacent to an activating group) is 1. The van der Waals surface area contributed by atoms with Crippen LogP contribution in [0.4, 0.5) is 0 Å². The van der Waals surface area contributed by atoms with Crippen LogP contribution in [0.2, 0.25) is 0 Å². The third kappa shape index (κ3) is 4.80. The first-order chi connectivity index (χ1) is 8.99. The number of rotatable bonds is 6. The molecule has 1 rings (SSSR count). The fourth-order valence-electron chi connectivity index (χ4n) is 2.29. The lowest BCUT2D eigenvalue weighted by atomic mass is 9.80. The maximum atomic E-state index is 12.4. The molecule has 1 heterocycles. The second-order valence-corrected chi connectivity index (χ2v) is 5.31. The van der Waals surface area contributed by atoms with Crippen molar-refractivity contribution >= 4 is 11.8 Å². The summed E-state index contributed by atoms with van der Waals surface area (Å²) in [6, 6.07) is 0. The van der Waals surface area contributed by atoms with Gasteiger partial charge in [0.15, 0.2) is 0 Å². The lowest BCUT2D eigenvalue weighted by Crippen LogP contribution is -2.49. The number of hydrogen-bond donors (Lipinski definition) is 2. The van der Waals surface area contributed by atoms with Gasteiger partial charge in [0.1, 0.15) is 0 Å². The molecule has 0 radical (unpaired) electrons. The summed E-state index contributed by atoms with van der Waals surface area (Å²) in [6.07, 6.45) is 1.64. The largest absolute Gasteiger partial charge is 0.383 e. The number of nitrogens with zero attached hydrogens (tertiary/aromatic N) is 1. The summed E-state index contributed by atoms with van der Waals surface area (Å²) in [7, 11) is 3.27. The quantitative estimate of drug-likeness (QED) is 0.645. The van der Waals surface area contributed by atoms with E-state index >= 15 is 0 Å². The summed E-state index contributed by atoms with van der Waals surface area (Å²) in [5.74, 6) is -0.0960. The third-order valence-electron chi connectivity index (χ3n) is 3.58. The Morgan fingerprint density at radius 2 is 2.00 bits per heavy atom. The number of nitrogens with one attached hydrogen (secondary N) is 2. The highest BCUT2D eigenvalue weighted by Gasteiger charge is 2.36. The number of carbonyl (C=O) groups is 2. The van der Waals surface area contributed by atoms with Gasteiger partial charge in [-0.15, -0.1) is 0 Å². The van der Waals surface area contributed by atoms with Gasteiger partial charge < -0.3 is 20.3 Å². The predicted molar refractivity (Wildman–Crippen MR) is 72.7 cm³/mol. The minimum Gasteiger partial charge on any atom is -0.383 e. The average molecular weight is 271 g/mol. The molecule has 0 aliphatic carbocycles. The zero-order valence-electron chi connectivity index (χ0n) is 12.1. The first-order valence-corrected chi connectivity index (χ1v) is 6.71. The van der Waals surface area contributed by atoms with Crippen molar-refractivity contribution in [1.29, 1.82) is 0 Å². The molecule has 0 aromatic rings. The summed E-state index contributed by atoms with van der Waals surface area (Å²) >= 11 is 0. The summed E-state index contributed by atoms with van der Waals surface area (Å²) in [5, 5.41) is 5.96. The van der Waals surface area contributed by atoms with Gasteiger partial charge in [-0.1, -0.05) is 6.92 Å². The molecule has 1 fully saturated rings. The van der Waals surface area contributed by atoms with Crippen molar-refractivity contribution in [3.8, 4) is 0 Å². The summed E-state index contributed by atoms with van der Waals surface area (Å²) in [5.41, 5.74) is -0.340. The molecule has 0 aromatic heterocycles. The Morgan fingerprint density at radius 3 is 2.58 bits per heavy atom. The second kappa shape index (κ2) is 7.45. The zero-order valence-corrected chi connectivity index (χ0v) is 12.1. The molecular formula is C13H25N3O3. The molecule has 1 aliphatic heterocycles. The molecule has 2 amide bonds. The molecule has 110 valence electrons. The number of hydrogen-bond acceptors (Lipinski definition) is 4. The minimum atomic E-state index is -0.340. The molecule has 0 unspecified atom stereocenters. The van der Waals surface area contributed by atoms with Crippen molar-refractivity contribution in [2.75, 3.05) is 46.9 Å². The third-order valence-corrected chi connectivity index (χ3v) is 3.58. The molecule has 0 spiro atoms. The molecular weight excluding hydrogens is 246 g/mol. The van der Waals surface area contributed by atoms with Crippen LogP contribution in [0.15, 0.2) is 0 Å². The van der Waals surface area contributed by atoms with Crippen LogP contribution in [0.3, 0.4) is 0 Å². The van der Waals surface area contributed by atoms with Crippen molar-refractivity contribution in [2.45, 2.75) is 19.8 Å². The van der Waals surface area contributed by atoms with Crippen molar-refractivity contribution in [2.24, 2.45) is 5.41 Å². The minimum absolute atomic E-state index is 0.0518. The molecule has 0 aromatic carbocycles. The first kappa shape index (κ1) is 15.9. The van der Waals surface area contributed by atoms with Crippen molar-refractivity contribution in [1.82, 2.24) is 15.5 Å². The maximum absolute atomic E-state index is 12.4. The number of carbonyl (C=O) groups excluding carboxylic acids is 2. The number of amides is 2. The fraction of sp³-hybridized carbons (Fsp3) is 0.846. The highest BCUT2D eigenvalue weighted by molar-refractivity contribution is 5.87. The zero-order chi connectivity index (χ0) is 14.3. The van der Waals surface area contributed by atoms with Crippen molar-refractivity contribution in [3.63, 3.8) is 0 Å². The Labute approximate surface area is 114 Å². The number of piperidine rings is 1. The summed E-state index contributed by atoms with van der Waals surface area (Å²) < 4.78 is 4.85. The Morgan fingerprint density at radius 1 is 1.37 bits per heavy atom. The van der Waals surface area contributed by atoms with Crippen LogP contribution < -0.4 is 10.6 Å². The molecule has 0 bridgehead atoms. The van der Waals surface area contributed by atoms with E-state index in [0.717, 1.165) is 25.9 Å². The highest BCUT2D eigenvalue weighted by Crippen LogP contribution is 2.29. The van der Waals surface area contributed by atoms with Gasteiger partial charge in [-0.3, -0.25) is 9.59 Å². The lowest BCUT2D eigenvalue weighted by molar-refractivity contribution is -0.144. The Bertz CT molecular complexity index is 314. The van der Waals surface area contributed by atoms with Gasteiger partial charge in [0.25, 0.3) is 0 Å². The first-order valence-electron chi connectivity index (χ1n) is 6.71. The highest BCUT2D eigenvalue weighted by atomic mass is 16.5. The van der Waals surface area contributed by atoms with Gasteiger partial charge in [-0.2, -0.15) is 0 Å². The van der Waals surface area contributed by atoms with Crippen LogP contribution in [-0.2, 0) is 14.3 Å². The Hall–Kier alpha value is -1.14. The Kier molecular flexibility index (Phi) is 6.24. The second-order valence-electron chi connectivity index (χ2n) is 5.31. The molecule has 1 aliphatic rings. The van der Waals surface area contributed by atoms with Crippen LogP contribution in [0.5, 0.6) is 0 Å². The molecule has 6 heteroatoms. The van der Waals surface area contributed by atoms with Crippen molar-refractivity contribution in [3.05, 3.63) is 0 Å². The topological polar surface area (TPSA) is 70.7 Å². The van der Waals surface area contributed by atoms with Gasteiger partial charge >= 0.3 is 0 Å². The Balaban J connectivity index is 2.41. The van der Waals surface area contributed by atoms with Crippen LogP contribution in [0.1, 0.15) is 19.8 Å². The normalized spacial score (nSPS) is 17.8. The van der Waals surface area contributed by atoms with E-state index in [0.29, 0.717) is 13.2 Å². The van der Waals surface area contributed by atoms with E-state index in [9.17, 15) is 9.59 Å². The number of ether oxygens (including phenoxy) is 1. The van der Waals surface area contributed by atoms with Crippen molar-refractivity contribution < 1.29 is 14.3 Å². The maximum Gasteiger partial charge on any atom is 0.239 e. The molecule has 0 atom stereocenters. The van der Waals surface area contributed by atoms with E-state index in [1.54, 1.807) is 14.2 Å². The van der Waals surface area contributed by atoms with Crippen LogP contribution in [0, 0.1) is 5.41 Å². The molecule has 2 N–H and O–H groups in total. The van der Waals surface area contributed by atoms with E-state index in [2.05, 4.69) is 10.6 Å². The van der Waals surface area contributed by atoms with E-state index < -0.39 is 0 Å². The predicted octanol–water partition coefficient (Wildman–Crippen LogP) is -0.403. The fourth-order valence-corrected chi connectivity index (χ4v) is 2.29. The van der Waals surface area contributed by atoms with Gasteiger partial charge in [0.2, 0.25) is 11.8 Å². The van der Waals surface area contributed by atoms with E-state index in [1.807, 2.05) is 6.92 Å². The monoisotopic (exact) mass is 271 g/mol. The summed E-state index contributed by atoms with van der Waals surface area (Å²) in [6.45, 7) is 4.75. The van der Waals surface area contributed by atoms with Crippen LogP contribution >= 0.6 is 0 Å². The summed E-state index contributed by atoms with van der Waals surface area (Å²) in [4.78, 5) is 25.5. The van der Waals surface area contributed by atoms with Gasteiger partial charge in [0, 0.05) is 26.1 Å². The van der Waals surface area contributed by atoms with E-state index in [-0.39, 0.29) is 23.8 Å². The number of methoxy groups -OCH3 is 1. The van der Waals surface area contributed by atoms with Gasteiger partial charge in [0.05, 0.1) is 13.2 Å². The van der Waals surface area contributed by atoms with Gasteiger partial charge in [-0.05, 0) is 25.9 Å². The standard InChI is InChI=1S/C13H25N3O3/c1-13(4-6-14-7-5-13)12(18)16(2)10-11(17)15-8-9-19-3/h14H,4-10H2,1-3H3,(H,15,17). The average Bonchev–Trinajstić information content (AvgIpc) is 2.39. The molecule has 19 heavy (non-hydrogen) atoms. The van der Waals surface area contributed by atoms with E-state index in [1.165, 1.54) is 4.90 Å². The smallest absolute Gasteiger partial charge is 0.239 e. The van der Waals surface area contributed by atoms with Gasteiger partial charge in [-0.25, -0.2) is 0 Å². The van der Waals surface area contributed by atoms with Crippen LogP contribution in [0.25, 0.3) is 0 Å². The molecule has 6 nitrogen and oxygen atoms in total. The van der Waals surface area contributed by atoms with E-state index in [4.69, 9.17) is 4.74 Å². The lowest BCUT2D eigenvalue weighted by Gasteiger charge is -2.35.